The molecular formula is C21H30FN5O. The number of aliphatic imine (C=N–C) groups is 1. The monoisotopic (exact) mass is 387 g/mol. The molecule has 0 spiro atoms. The normalized spacial score (nSPS) is 16.4. The summed E-state index contributed by atoms with van der Waals surface area (Å²) in [6.07, 6.45) is 6.66. The van der Waals surface area contributed by atoms with Crippen LogP contribution < -0.4 is 10.6 Å². The molecule has 0 atom stereocenters. The van der Waals surface area contributed by atoms with Gasteiger partial charge >= 0.3 is 0 Å². The van der Waals surface area contributed by atoms with E-state index in [0.717, 1.165) is 48.6 Å². The van der Waals surface area contributed by atoms with E-state index in [1.165, 1.54) is 6.07 Å². The van der Waals surface area contributed by atoms with Crippen LogP contribution in [0, 0.1) is 11.2 Å². The number of hydrogen-bond donors (Lipinski definition) is 3. The summed E-state index contributed by atoms with van der Waals surface area (Å²) in [6.45, 7) is 1.25. The minimum Gasteiger partial charge on any atom is -0.361 e. The van der Waals surface area contributed by atoms with Crippen LogP contribution in [0.5, 0.6) is 0 Å². The number of benzene rings is 1. The third-order valence-corrected chi connectivity index (χ3v) is 5.65. The lowest BCUT2D eigenvalue weighted by atomic mass is 9.84. The van der Waals surface area contributed by atoms with Gasteiger partial charge < -0.3 is 20.5 Å². The lowest BCUT2D eigenvalue weighted by molar-refractivity contribution is -0.138. The first-order chi connectivity index (χ1) is 13.4. The van der Waals surface area contributed by atoms with Crippen molar-refractivity contribution in [3.05, 3.63) is 35.8 Å². The first kappa shape index (κ1) is 20.2. The Morgan fingerprint density at radius 3 is 2.71 bits per heavy atom. The zero-order valence-corrected chi connectivity index (χ0v) is 16.9. The molecule has 7 heteroatoms. The number of fused-ring (bicyclic) bond motifs is 1. The third kappa shape index (κ3) is 4.29. The van der Waals surface area contributed by atoms with Gasteiger partial charge in [0.25, 0.3) is 0 Å². The molecular weight excluding hydrogens is 357 g/mol. The SMILES string of the molecule is CN=C(NCCc1c[nH]c2ccc(F)cc12)NCC1(C(=O)N(C)C)CCCC1. The number of carbonyl (C=O) groups is 1. The number of guanidine groups is 1. The van der Waals surface area contributed by atoms with E-state index < -0.39 is 0 Å². The van der Waals surface area contributed by atoms with E-state index in [4.69, 9.17) is 0 Å². The van der Waals surface area contributed by atoms with Gasteiger partial charge in [0.05, 0.1) is 5.41 Å². The number of hydrogen-bond acceptors (Lipinski definition) is 2. The summed E-state index contributed by atoms with van der Waals surface area (Å²) in [5, 5.41) is 7.55. The Morgan fingerprint density at radius 2 is 2.04 bits per heavy atom. The molecule has 3 N–H and O–H groups in total. The highest BCUT2D eigenvalue weighted by atomic mass is 19.1. The number of rotatable bonds is 6. The molecule has 1 saturated carbocycles. The van der Waals surface area contributed by atoms with Crippen LogP contribution in [0.3, 0.4) is 0 Å². The number of carbonyl (C=O) groups excluding carboxylic acids is 1. The first-order valence-electron chi connectivity index (χ1n) is 9.87. The second-order valence-electron chi connectivity index (χ2n) is 7.79. The second kappa shape index (κ2) is 8.63. The van der Waals surface area contributed by atoms with Gasteiger partial charge in [0.1, 0.15) is 5.82 Å². The molecule has 152 valence electrons. The molecule has 6 nitrogen and oxygen atoms in total. The van der Waals surface area contributed by atoms with Gasteiger partial charge in [-0.1, -0.05) is 12.8 Å². The smallest absolute Gasteiger partial charge is 0.230 e. The van der Waals surface area contributed by atoms with Crippen molar-refractivity contribution < 1.29 is 9.18 Å². The molecule has 0 aliphatic heterocycles. The molecule has 2 aromatic rings. The average molecular weight is 388 g/mol. The maximum atomic E-state index is 13.5. The van der Waals surface area contributed by atoms with E-state index in [1.807, 2.05) is 20.3 Å². The standard InChI is InChI=1S/C21H30FN5O/c1-23-20(26-14-21(9-4-5-10-21)19(28)27(2)3)24-11-8-15-13-25-18-7-6-16(22)12-17(15)18/h6-7,12-13,25H,4-5,8-11,14H2,1-3H3,(H2,23,24,26). The predicted molar refractivity (Wildman–Crippen MR) is 111 cm³/mol. The van der Waals surface area contributed by atoms with Crippen LogP contribution in [0.4, 0.5) is 4.39 Å². The van der Waals surface area contributed by atoms with Gasteiger partial charge in [0.15, 0.2) is 5.96 Å². The van der Waals surface area contributed by atoms with E-state index in [2.05, 4.69) is 20.6 Å². The number of aromatic nitrogens is 1. The molecule has 1 aliphatic rings. The molecule has 1 aliphatic carbocycles. The Hall–Kier alpha value is -2.57. The van der Waals surface area contributed by atoms with Crippen LogP contribution in [-0.2, 0) is 11.2 Å². The van der Waals surface area contributed by atoms with Crippen LogP contribution in [0.1, 0.15) is 31.2 Å². The van der Waals surface area contributed by atoms with E-state index in [-0.39, 0.29) is 17.1 Å². The second-order valence-corrected chi connectivity index (χ2v) is 7.79. The summed E-state index contributed by atoms with van der Waals surface area (Å²) < 4.78 is 13.5. The average Bonchev–Trinajstić information content (AvgIpc) is 3.31. The largest absolute Gasteiger partial charge is 0.361 e. The highest BCUT2D eigenvalue weighted by molar-refractivity contribution is 5.85. The fraction of sp³-hybridized carbons (Fsp3) is 0.524. The topological polar surface area (TPSA) is 72.5 Å². The van der Waals surface area contributed by atoms with Crippen molar-refractivity contribution in [1.82, 2.24) is 20.5 Å². The Kier molecular flexibility index (Phi) is 6.21. The summed E-state index contributed by atoms with van der Waals surface area (Å²) >= 11 is 0. The fourth-order valence-electron chi connectivity index (χ4n) is 4.14. The van der Waals surface area contributed by atoms with Crippen molar-refractivity contribution in [3.8, 4) is 0 Å². The molecule has 1 aromatic heterocycles. The molecule has 0 unspecified atom stereocenters. The highest BCUT2D eigenvalue weighted by Crippen LogP contribution is 2.38. The van der Waals surface area contributed by atoms with Crippen molar-refractivity contribution in [2.45, 2.75) is 32.1 Å². The molecule has 1 heterocycles. The van der Waals surface area contributed by atoms with Gasteiger partial charge in [-0.2, -0.15) is 0 Å². The van der Waals surface area contributed by atoms with Crippen molar-refractivity contribution in [2.24, 2.45) is 10.4 Å². The fourth-order valence-corrected chi connectivity index (χ4v) is 4.14. The zero-order chi connectivity index (χ0) is 20.1. The van der Waals surface area contributed by atoms with Crippen LogP contribution in [-0.4, -0.2) is 56.0 Å². The summed E-state index contributed by atoms with van der Waals surface area (Å²) in [6, 6.07) is 4.77. The number of nitrogens with one attached hydrogen (secondary N) is 3. The van der Waals surface area contributed by atoms with Gasteiger partial charge in [-0.25, -0.2) is 4.39 Å². The van der Waals surface area contributed by atoms with Gasteiger partial charge in [-0.15, -0.1) is 0 Å². The summed E-state index contributed by atoms with van der Waals surface area (Å²) in [7, 11) is 5.37. The Labute approximate surface area is 165 Å². The minimum atomic E-state index is -0.338. The Bertz CT molecular complexity index is 852. The highest BCUT2D eigenvalue weighted by Gasteiger charge is 2.42. The lowest BCUT2D eigenvalue weighted by Gasteiger charge is -2.31. The molecule has 0 bridgehead atoms. The maximum Gasteiger partial charge on any atom is 0.230 e. The van der Waals surface area contributed by atoms with Crippen molar-refractivity contribution in [1.29, 1.82) is 0 Å². The lowest BCUT2D eigenvalue weighted by Crippen LogP contribution is -2.49. The number of aromatic amines is 1. The summed E-state index contributed by atoms with van der Waals surface area (Å²) in [5.74, 6) is 0.642. The van der Waals surface area contributed by atoms with Crippen LogP contribution in [0.15, 0.2) is 29.4 Å². The molecule has 3 rings (SSSR count). The predicted octanol–water partition coefficient (Wildman–Crippen LogP) is 2.66. The molecule has 1 fully saturated rings. The minimum absolute atomic E-state index is 0.189. The van der Waals surface area contributed by atoms with E-state index in [9.17, 15) is 9.18 Å². The van der Waals surface area contributed by atoms with Crippen LogP contribution in [0.2, 0.25) is 0 Å². The van der Waals surface area contributed by atoms with E-state index >= 15 is 0 Å². The molecule has 0 saturated heterocycles. The van der Waals surface area contributed by atoms with E-state index in [0.29, 0.717) is 19.0 Å². The summed E-state index contributed by atoms with van der Waals surface area (Å²) in [5.41, 5.74) is 1.66. The van der Waals surface area contributed by atoms with Gasteiger partial charge in [-0.3, -0.25) is 9.79 Å². The molecule has 1 amide bonds. The van der Waals surface area contributed by atoms with Crippen molar-refractivity contribution in [3.63, 3.8) is 0 Å². The number of H-pyrrole nitrogens is 1. The maximum absolute atomic E-state index is 13.5. The van der Waals surface area contributed by atoms with Gasteiger partial charge in [0, 0.05) is 51.3 Å². The van der Waals surface area contributed by atoms with Crippen molar-refractivity contribution in [2.75, 3.05) is 34.2 Å². The number of halogens is 1. The molecule has 0 radical (unpaired) electrons. The van der Waals surface area contributed by atoms with Crippen LogP contribution >= 0.6 is 0 Å². The molecule has 28 heavy (non-hydrogen) atoms. The van der Waals surface area contributed by atoms with Crippen molar-refractivity contribution >= 4 is 22.8 Å². The Balaban J connectivity index is 1.56. The quantitative estimate of drug-likeness (QED) is 0.527. The Morgan fingerprint density at radius 1 is 1.29 bits per heavy atom. The molecule has 1 aromatic carbocycles. The van der Waals surface area contributed by atoms with Gasteiger partial charge in [-0.05, 0) is 43.0 Å². The third-order valence-electron chi connectivity index (χ3n) is 5.65. The van der Waals surface area contributed by atoms with Crippen LogP contribution in [0.25, 0.3) is 10.9 Å². The first-order valence-corrected chi connectivity index (χ1v) is 9.87. The van der Waals surface area contributed by atoms with Gasteiger partial charge in [0.2, 0.25) is 5.91 Å². The number of nitrogens with zero attached hydrogens (tertiary/aromatic N) is 2. The van der Waals surface area contributed by atoms with E-state index in [1.54, 1.807) is 24.1 Å². The number of amides is 1. The summed E-state index contributed by atoms with van der Waals surface area (Å²) in [4.78, 5) is 21.8. The zero-order valence-electron chi connectivity index (χ0n) is 16.9.